The Labute approximate surface area is 729 Å². The van der Waals surface area contributed by atoms with Gasteiger partial charge in [-0.15, -0.1) is 20.4 Å². The Balaban J connectivity index is 0.000000344. The predicted octanol–water partition coefficient (Wildman–Crippen LogP) is -4.39. The van der Waals surface area contributed by atoms with Gasteiger partial charge in [0.15, 0.2) is 29.8 Å². The zero-order valence-electron chi connectivity index (χ0n) is 69.4. The molecule has 704 valence electrons. The third-order valence-corrected chi connectivity index (χ3v) is 17.1. The summed E-state index contributed by atoms with van der Waals surface area (Å²) in [7, 11) is 1.50. The monoisotopic (exact) mass is 1820 g/mol. The zero-order chi connectivity index (χ0) is 96.3. The number of aliphatic carboxylic acids is 4. The number of hydrogen-bond donors (Lipinski definition) is 27. The molecule has 8 aromatic rings. The molecule has 0 bridgehead atoms. The van der Waals surface area contributed by atoms with E-state index in [0.29, 0.717) is 23.3 Å². The average Bonchev–Trinajstić information content (AvgIpc) is 1.71. The van der Waals surface area contributed by atoms with E-state index in [-0.39, 0.29) is 104 Å². The fraction of sp³-hybridized carbons (Fsp3) is 0.438. The number of ether oxygens (including phenoxy) is 1. The van der Waals surface area contributed by atoms with Crippen LogP contribution in [0.2, 0.25) is 0 Å². The molecule has 3 aromatic carbocycles. The highest BCUT2D eigenvalue weighted by atomic mass is 16.5. The smallest absolute Gasteiger partial charge is 0.328 e. The van der Waals surface area contributed by atoms with Crippen molar-refractivity contribution in [3.05, 3.63) is 126 Å². The van der Waals surface area contributed by atoms with Crippen molar-refractivity contribution in [2.75, 3.05) is 33.5 Å². The number of hydrogen-bond acceptors (Lipinski definition) is 39. The topological polar surface area (TPSA) is 958 Å². The Kier molecular flexibility index (Phi) is 44.6. The lowest BCUT2D eigenvalue weighted by atomic mass is 10.0. The predicted molar refractivity (Wildman–Crippen MR) is 435 cm³/mol. The number of urea groups is 4. The third kappa shape index (κ3) is 36.7. The van der Waals surface area contributed by atoms with Crippen molar-refractivity contribution in [3.63, 3.8) is 0 Å². The minimum Gasteiger partial charge on any atom is -0.496 e. The fourth-order valence-corrected chi connectivity index (χ4v) is 10.3. The summed E-state index contributed by atoms with van der Waals surface area (Å²) in [5.41, 5.74) is 51.1. The molecule has 36 N–H and O–H groups in total. The summed E-state index contributed by atoms with van der Waals surface area (Å²) < 4.78 is 31.1. The van der Waals surface area contributed by atoms with E-state index in [9.17, 15) is 77.6 Å². The zero-order valence-corrected chi connectivity index (χ0v) is 69.4. The second kappa shape index (κ2) is 54.1. The SMILES string of the molecule is CCCCC[C@H](NC(=O)N[C@@H](CC(N)=O)c1nnc(-c2ccccc2OC)o1)C(=O)O.C[C@@H](O)[C@H](N)c1nnc([C@H](CCC(N)=O)NC(=O)N[C@@H](CO)C(=O)O)o1.C[C@@H](O)[C@H](NC(=O)N[C@@H](CC(N)=O)c1nc(-c2ccc(-c3ccccc3)cc2)no1)C(=O)O.NC(=O)C[C@H](N)c1nc([C@@H](N)CO)no1.NC(=O)C[C@H](NC(=O)N[C@@H](CO)C(=O)O)c1nc([C@@H](N)CO)no1. The van der Waals surface area contributed by atoms with Crippen LogP contribution in [0.25, 0.3) is 34.0 Å². The van der Waals surface area contributed by atoms with Crippen molar-refractivity contribution in [3.8, 4) is 39.7 Å². The number of para-hydroxylation sites is 1. The number of benzene rings is 3. The van der Waals surface area contributed by atoms with Gasteiger partial charge in [0.25, 0.3) is 5.89 Å². The van der Waals surface area contributed by atoms with Crippen molar-refractivity contribution in [1.29, 1.82) is 0 Å². The number of carboxylic acid groups (broad SMARTS) is 4. The van der Waals surface area contributed by atoms with Gasteiger partial charge in [0.1, 0.15) is 42.0 Å². The molecule has 0 radical (unpaired) electrons. The number of carboxylic acids is 4. The van der Waals surface area contributed by atoms with Gasteiger partial charge in [-0.25, -0.2) is 38.4 Å². The maximum Gasteiger partial charge on any atom is 0.328 e. The number of nitrogens with two attached hydrogens (primary N) is 9. The molecule has 0 unspecified atom stereocenters. The van der Waals surface area contributed by atoms with Crippen LogP contribution in [0, 0.1) is 0 Å². The molecule has 13 amide bonds. The molecule has 0 aliphatic heterocycles. The molecule has 5 heterocycles. The summed E-state index contributed by atoms with van der Waals surface area (Å²) >= 11 is 0. The minimum absolute atomic E-state index is 0.00876. The van der Waals surface area contributed by atoms with Crippen LogP contribution in [0.3, 0.4) is 0 Å². The van der Waals surface area contributed by atoms with Crippen molar-refractivity contribution in [2.24, 2.45) is 51.6 Å². The van der Waals surface area contributed by atoms with Crippen LogP contribution in [0.4, 0.5) is 19.2 Å². The number of aromatic nitrogens is 10. The number of aliphatic hydroxyl groups is 6. The van der Waals surface area contributed by atoms with Crippen molar-refractivity contribution in [1.82, 2.24) is 93.4 Å². The maximum atomic E-state index is 12.4. The highest BCUT2D eigenvalue weighted by Gasteiger charge is 2.34. The Morgan fingerprint density at radius 2 is 0.837 bits per heavy atom. The van der Waals surface area contributed by atoms with E-state index >= 15 is 0 Å². The molecule has 0 saturated heterocycles. The van der Waals surface area contributed by atoms with Gasteiger partial charge in [0.2, 0.25) is 70.7 Å². The molecular formula is C73H103N27O29. The first-order chi connectivity index (χ1) is 61.1. The van der Waals surface area contributed by atoms with Crippen LogP contribution < -0.4 is 98.9 Å². The molecule has 0 aliphatic carbocycles. The van der Waals surface area contributed by atoms with Crippen LogP contribution in [-0.4, -0.2) is 249 Å². The molecule has 8 rings (SSSR count). The lowest BCUT2D eigenvalue weighted by Crippen LogP contribution is -2.52. The van der Waals surface area contributed by atoms with Crippen LogP contribution >= 0.6 is 0 Å². The minimum atomic E-state index is -1.55. The van der Waals surface area contributed by atoms with Crippen LogP contribution in [0.5, 0.6) is 5.75 Å². The number of amides is 13. The quantitative estimate of drug-likeness (QED) is 0.0160. The summed E-state index contributed by atoms with van der Waals surface area (Å²) in [6.45, 7) is 2.23. The fourth-order valence-electron chi connectivity index (χ4n) is 10.3. The molecule has 56 nitrogen and oxygen atoms in total. The van der Waals surface area contributed by atoms with Gasteiger partial charge >= 0.3 is 48.0 Å². The number of methoxy groups -OCH3 is 1. The lowest BCUT2D eigenvalue weighted by Gasteiger charge is -2.19. The molecule has 129 heavy (non-hydrogen) atoms. The van der Waals surface area contributed by atoms with Crippen LogP contribution in [-0.2, 0) is 43.2 Å². The van der Waals surface area contributed by atoms with Gasteiger partial charge in [-0.1, -0.05) is 108 Å². The molecule has 56 heteroatoms. The van der Waals surface area contributed by atoms with Crippen LogP contribution in [0.15, 0.2) is 101 Å². The molecule has 0 aliphatic rings. The van der Waals surface area contributed by atoms with Gasteiger partial charge in [0.05, 0.1) is 95.1 Å². The first kappa shape index (κ1) is 106. The number of nitrogens with one attached hydrogen (secondary N) is 8. The van der Waals surface area contributed by atoms with Gasteiger partial charge in [-0.05, 0) is 49.9 Å². The highest BCUT2D eigenvalue weighted by Crippen LogP contribution is 2.31. The van der Waals surface area contributed by atoms with E-state index in [0.717, 1.165) is 24.0 Å². The van der Waals surface area contributed by atoms with E-state index in [4.69, 9.17) is 114 Å². The number of unbranched alkanes of at least 4 members (excludes halogenated alkanes) is 2. The largest absolute Gasteiger partial charge is 0.496 e. The molecule has 0 spiro atoms. The van der Waals surface area contributed by atoms with E-state index in [2.05, 4.69) is 82.7 Å². The Morgan fingerprint density at radius 1 is 0.411 bits per heavy atom. The standard InChI is InChI=1S/C22H23N5O6.C20H27N5O6.C13H22N6O7.C11H18N6O7.C7H13N5O3/c1-12(28)18(21(30)31)25-22(32)24-16(11-17(23)29)20-26-19(27-33-20)15-9-7-14(8-10-15)13-5-3-2-4-6-13;1-3-4-5-9-13(19(27)28)22-20(29)23-14(11-16(21)26)18-25-24-17(31-18)12-8-6-7-10-15(12)30-2;1-5(21)9(15)11-19-18-10(26-11)6(2-3-8(14)22)16-13(25)17-7(4-20)12(23)24;12-4(2-18)8-16-9(24-17-8)5(1-7(13)20)14-11(23)15-6(3-19)10(21)22;8-3(1-5(10)14)7-11-6(12-15-7)4(9)2-13/h2-10,12,16,18,28H,11H2,1H3,(H2,23,29)(H,30,31)(H2,24,25,32);6-8,10,13-14H,3-5,9,11H2,1-2H3,(H2,21,26)(H,27,28)(H2,22,23,29);5-7,9,20-21H,2-4,15H2,1H3,(H2,14,22)(H,23,24)(H2,16,17,25);4-6,18-19H,1-3,12H2,(H2,13,20)(H,21,22)(H2,14,15,23);3-4,13H,1-2,8-9H2,(H2,10,14)/t12-,16+,18+;13-,14-;5-,6+,7+,9+;4-,5-,6-;3-,4-/m10100/s1. The Bertz CT molecular complexity index is 4930. The highest BCUT2D eigenvalue weighted by molar-refractivity contribution is 5.86. The second-order valence-corrected chi connectivity index (χ2v) is 27.4. The van der Waals surface area contributed by atoms with Gasteiger partial charge in [-0.2, -0.15) is 15.0 Å². The number of rotatable bonds is 45. The van der Waals surface area contributed by atoms with Gasteiger partial charge in [-0.3, -0.25) is 24.0 Å². The normalized spacial score (nSPS) is 14.0. The number of aliphatic hydroxyl groups excluding tert-OH is 6. The number of primary amides is 5. The van der Waals surface area contributed by atoms with Gasteiger partial charge < -0.3 is 172 Å². The molecule has 14 atom stereocenters. The van der Waals surface area contributed by atoms with Crippen molar-refractivity contribution < 1.29 is 141 Å². The summed E-state index contributed by atoms with van der Waals surface area (Å²) in [4.78, 5) is 160. The molecule has 0 fully saturated rings. The lowest BCUT2D eigenvalue weighted by molar-refractivity contribution is -0.142. The number of carbonyl (C=O) groups excluding carboxylic acids is 9. The van der Waals surface area contributed by atoms with E-state index < -0.39 is 188 Å². The number of nitrogens with zero attached hydrogens (tertiary/aromatic N) is 10. The van der Waals surface area contributed by atoms with Gasteiger partial charge in [0, 0.05) is 12.0 Å². The molecule has 0 saturated carbocycles. The molecular weight excluding hydrogens is 1720 g/mol. The Hall–Kier alpha value is -14.9. The second-order valence-electron chi connectivity index (χ2n) is 27.4. The van der Waals surface area contributed by atoms with E-state index in [1.54, 1.807) is 36.4 Å². The van der Waals surface area contributed by atoms with Crippen molar-refractivity contribution >= 4 is 77.5 Å². The number of carbonyl (C=O) groups is 13. The van der Waals surface area contributed by atoms with Crippen LogP contribution in [0.1, 0.15) is 180 Å². The average molecular weight is 1820 g/mol. The van der Waals surface area contributed by atoms with E-state index in [1.165, 1.54) is 21.0 Å². The summed E-state index contributed by atoms with van der Waals surface area (Å²) in [5, 5.41) is 135. The molecule has 5 aromatic heterocycles. The first-order valence-corrected chi connectivity index (χ1v) is 38.5. The first-order valence-electron chi connectivity index (χ1n) is 38.5. The van der Waals surface area contributed by atoms with E-state index in [1.807, 2.05) is 60.0 Å². The van der Waals surface area contributed by atoms with Crippen molar-refractivity contribution in [2.45, 2.75) is 170 Å². The summed E-state index contributed by atoms with van der Waals surface area (Å²) in [6.07, 6.45) is -0.922. The Morgan fingerprint density at radius 3 is 1.30 bits per heavy atom. The maximum absolute atomic E-state index is 12.4. The third-order valence-electron chi connectivity index (χ3n) is 17.1. The summed E-state index contributed by atoms with van der Waals surface area (Å²) in [5.74, 6) is -8.42. The summed E-state index contributed by atoms with van der Waals surface area (Å²) in [6, 6.07) is 7.21.